The van der Waals surface area contributed by atoms with E-state index in [1.54, 1.807) is 0 Å². The van der Waals surface area contributed by atoms with Crippen molar-refractivity contribution in [3.05, 3.63) is 12.2 Å². The Balaban J connectivity index is 2.01. The second-order valence-electron chi connectivity index (χ2n) is 4.50. The van der Waals surface area contributed by atoms with Gasteiger partial charge in [0, 0.05) is 0 Å². The van der Waals surface area contributed by atoms with Gasteiger partial charge in [-0.3, -0.25) is 0 Å². The van der Waals surface area contributed by atoms with Crippen LogP contribution >= 0.6 is 0 Å². The molecule has 2 aliphatic carbocycles. The zero-order valence-corrected chi connectivity index (χ0v) is 8.13. The first-order chi connectivity index (χ1) is 5.90. The Morgan fingerprint density at radius 1 is 1.17 bits per heavy atom. The second kappa shape index (κ2) is 3.64. The first-order valence-electron chi connectivity index (χ1n) is 5.58. The van der Waals surface area contributed by atoms with Crippen molar-refractivity contribution in [1.82, 2.24) is 0 Å². The summed E-state index contributed by atoms with van der Waals surface area (Å²) in [4.78, 5) is 0. The third kappa shape index (κ3) is 1.57. The monoisotopic (exact) mass is 164 g/mol. The number of fused-ring (bicyclic) bond motifs is 1. The molecule has 0 amide bonds. The van der Waals surface area contributed by atoms with Crippen molar-refractivity contribution in [3.63, 3.8) is 0 Å². The molecule has 0 N–H and O–H groups in total. The van der Waals surface area contributed by atoms with Gasteiger partial charge in [0.1, 0.15) is 0 Å². The molecule has 0 aromatic rings. The third-order valence-corrected chi connectivity index (χ3v) is 3.73. The summed E-state index contributed by atoms with van der Waals surface area (Å²) < 4.78 is 0. The van der Waals surface area contributed by atoms with Crippen LogP contribution < -0.4 is 0 Å². The maximum absolute atomic E-state index is 2.52. The van der Waals surface area contributed by atoms with Gasteiger partial charge in [-0.15, -0.1) is 0 Å². The molecule has 3 unspecified atom stereocenters. The van der Waals surface area contributed by atoms with E-state index in [0.29, 0.717) is 0 Å². The molecule has 1 fully saturated rings. The lowest BCUT2D eigenvalue weighted by Crippen LogP contribution is -2.23. The van der Waals surface area contributed by atoms with E-state index in [1.165, 1.54) is 38.5 Å². The quantitative estimate of drug-likeness (QED) is 0.517. The molecule has 68 valence electrons. The predicted octanol–water partition coefficient (Wildman–Crippen LogP) is 3.78. The molecule has 2 aliphatic rings. The van der Waals surface area contributed by atoms with Gasteiger partial charge in [-0.05, 0) is 43.4 Å². The Kier molecular flexibility index (Phi) is 2.53. The van der Waals surface area contributed by atoms with E-state index in [-0.39, 0.29) is 0 Å². The Morgan fingerprint density at radius 2 is 2.00 bits per heavy atom. The van der Waals surface area contributed by atoms with Crippen LogP contribution in [0.1, 0.15) is 45.4 Å². The Morgan fingerprint density at radius 3 is 2.83 bits per heavy atom. The van der Waals surface area contributed by atoms with Gasteiger partial charge < -0.3 is 0 Å². The molecule has 0 bridgehead atoms. The minimum absolute atomic E-state index is 0.907. The summed E-state index contributed by atoms with van der Waals surface area (Å²) in [6, 6.07) is 0. The van der Waals surface area contributed by atoms with Gasteiger partial charge in [0.2, 0.25) is 0 Å². The molecule has 0 heterocycles. The highest BCUT2D eigenvalue weighted by molar-refractivity contribution is 5.02. The van der Waals surface area contributed by atoms with Gasteiger partial charge in [-0.1, -0.05) is 31.9 Å². The van der Waals surface area contributed by atoms with Gasteiger partial charge in [0.15, 0.2) is 0 Å². The Labute approximate surface area is 76.1 Å². The van der Waals surface area contributed by atoms with Crippen molar-refractivity contribution in [1.29, 1.82) is 0 Å². The van der Waals surface area contributed by atoms with Gasteiger partial charge in [-0.2, -0.15) is 0 Å². The predicted molar refractivity (Wildman–Crippen MR) is 53.0 cm³/mol. The molecule has 0 saturated heterocycles. The van der Waals surface area contributed by atoms with E-state index in [2.05, 4.69) is 19.1 Å². The fourth-order valence-electron chi connectivity index (χ4n) is 2.85. The fourth-order valence-corrected chi connectivity index (χ4v) is 2.85. The highest BCUT2D eigenvalue weighted by Crippen LogP contribution is 2.39. The van der Waals surface area contributed by atoms with Crippen LogP contribution in [-0.2, 0) is 0 Å². The SMILES string of the molecule is CCC1C=CC2CCCCC2C1. The van der Waals surface area contributed by atoms with Crippen molar-refractivity contribution in [2.75, 3.05) is 0 Å². The van der Waals surface area contributed by atoms with E-state index < -0.39 is 0 Å². The second-order valence-corrected chi connectivity index (χ2v) is 4.50. The maximum atomic E-state index is 2.52. The highest BCUT2D eigenvalue weighted by atomic mass is 14.3. The smallest absolute Gasteiger partial charge is 0.0205 e. The summed E-state index contributed by atoms with van der Waals surface area (Å²) in [7, 11) is 0. The largest absolute Gasteiger partial charge is 0.0851 e. The van der Waals surface area contributed by atoms with Crippen LogP contribution in [-0.4, -0.2) is 0 Å². The van der Waals surface area contributed by atoms with Gasteiger partial charge in [-0.25, -0.2) is 0 Å². The van der Waals surface area contributed by atoms with Crippen LogP contribution in [0.3, 0.4) is 0 Å². The van der Waals surface area contributed by atoms with Crippen LogP contribution in [0.4, 0.5) is 0 Å². The number of allylic oxidation sites excluding steroid dienone is 2. The lowest BCUT2D eigenvalue weighted by molar-refractivity contribution is 0.229. The van der Waals surface area contributed by atoms with E-state index in [1.807, 2.05) is 0 Å². The standard InChI is InChI=1S/C12H20/c1-2-10-7-8-11-5-3-4-6-12(11)9-10/h7-8,10-12H,2-6,9H2,1H3. The first-order valence-corrected chi connectivity index (χ1v) is 5.58. The fraction of sp³-hybridized carbons (Fsp3) is 0.833. The van der Waals surface area contributed by atoms with Crippen LogP contribution in [0, 0.1) is 17.8 Å². The average molecular weight is 164 g/mol. The molecule has 0 radical (unpaired) electrons. The summed E-state index contributed by atoms with van der Waals surface area (Å²) in [6.45, 7) is 2.32. The molecule has 0 spiro atoms. The third-order valence-electron chi connectivity index (χ3n) is 3.73. The summed E-state index contributed by atoms with van der Waals surface area (Å²) in [6.07, 6.45) is 13.8. The normalized spacial score (nSPS) is 40.9. The lowest BCUT2D eigenvalue weighted by atomic mass is 9.71. The molecule has 3 atom stereocenters. The van der Waals surface area contributed by atoms with Crippen molar-refractivity contribution >= 4 is 0 Å². The first kappa shape index (κ1) is 8.34. The maximum Gasteiger partial charge on any atom is -0.0205 e. The van der Waals surface area contributed by atoms with Crippen molar-refractivity contribution < 1.29 is 0 Å². The molecule has 0 aliphatic heterocycles. The molecule has 0 aromatic carbocycles. The number of hydrogen-bond donors (Lipinski definition) is 0. The van der Waals surface area contributed by atoms with Crippen molar-refractivity contribution in [2.24, 2.45) is 17.8 Å². The van der Waals surface area contributed by atoms with E-state index in [0.717, 1.165) is 17.8 Å². The van der Waals surface area contributed by atoms with E-state index in [9.17, 15) is 0 Å². The molecule has 2 rings (SSSR count). The van der Waals surface area contributed by atoms with Crippen molar-refractivity contribution in [3.8, 4) is 0 Å². The zero-order valence-electron chi connectivity index (χ0n) is 8.13. The lowest BCUT2D eigenvalue weighted by Gasteiger charge is -2.35. The van der Waals surface area contributed by atoms with Gasteiger partial charge >= 0.3 is 0 Å². The molecule has 1 saturated carbocycles. The van der Waals surface area contributed by atoms with Crippen LogP contribution in [0.5, 0.6) is 0 Å². The summed E-state index contributed by atoms with van der Waals surface area (Å²) in [5.41, 5.74) is 0. The van der Waals surface area contributed by atoms with Gasteiger partial charge in [0.25, 0.3) is 0 Å². The van der Waals surface area contributed by atoms with Crippen LogP contribution in [0.25, 0.3) is 0 Å². The molecular weight excluding hydrogens is 144 g/mol. The average Bonchev–Trinajstić information content (AvgIpc) is 2.17. The minimum Gasteiger partial charge on any atom is -0.0851 e. The van der Waals surface area contributed by atoms with Gasteiger partial charge in [0.05, 0.1) is 0 Å². The molecule has 0 aromatic heterocycles. The Bertz CT molecular complexity index is 169. The molecular formula is C12H20. The molecule has 0 nitrogen and oxygen atoms in total. The highest BCUT2D eigenvalue weighted by Gasteiger charge is 2.27. The van der Waals surface area contributed by atoms with E-state index >= 15 is 0 Å². The van der Waals surface area contributed by atoms with Crippen molar-refractivity contribution in [2.45, 2.75) is 45.4 Å². The minimum atomic E-state index is 0.907. The molecule has 0 heteroatoms. The number of rotatable bonds is 1. The number of hydrogen-bond acceptors (Lipinski definition) is 0. The van der Waals surface area contributed by atoms with E-state index in [4.69, 9.17) is 0 Å². The summed E-state index contributed by atoms with van der Waals surface area (Å²) in [5, 5.41) is 0. The van der Waals surface area contributed by atoms with Crippen LogP contribution in [0.2, 0.25) is 0 Å². The topological polar surface area (TPSA) is 0 Å². The summed E-state index contributed by atoms with van der Waals surface area (Å²) in [5.74, 6) is 2.92. The zero-order chi connectivity index (χ0) is 8.39. The Hall–Kier alpha value is -0.260. The van der Waals surface area contributed by atoms with Crippen LogP contribution in [0.15, 0.2) is 12.2 Å². The molecule has 12 heavy (non-hydrogen) atoms. The summed E-state index contributed by atoms with van der Waals surface area (Å²) >= 11 is 0.